The van der Waals surface area contributed by atoms with Crippen molar-refractivity contribution in [1.29, 1.82) is 0 Å². The van der Waals surface area contributed by atoms with E-state index in [2.05, 4.69) is 42.8 Å². The van der Waals surface area contributed by atoms with Gasteiger partial charge in [-0.25, -0.2) is 0 Å². The highest BCUT2D eigenvalue weighted by Crippen LogP contribution is 2.09. The van der Waals surface area contributed by atoms with E-state index >= 15 is 0 Å². The highest BCUT2D eigenvalue weighted by Gasteiger charge is 2.16. The van der Waals surface area contributed by atoms with Crippen LogP contribution in [-0.4, -0.2) is 43.2 Å². The van der Waals surface area contributed by atoms with Crippen molar-refractivity contribution >= 4 is 5.91 Å². The van der Waals surface area contributed by atoms with Crippen LogP contribution in [0.3, 0.4) is 0 Å². The Morgan fingerprint density at radius 1 is 1.60 bits per heavy atom. The Morgan fingerprint density at radius 3 is 3.15 bits per heavy atom. The lowest BCUT2D eigenvalue weighted by atomic mass is 10.1. The molecular formula is C12H12N6O2. The Kier molecular flexibility index (Phi) is 4.36. The Bertz CT molecular complexity index is 643. The van der Waals surface area contributed by atoms with E-state index in [4.69, 9.17) is 5.11 Å². The van der Waals surface area contributed by atoms with Crippen molar-refractivity contribution in [3.63, 3.8) is 0 Å². The van der Waals surface area contributed by atoms with Crippen LogP contribution in [0.25, 0.3) is 0 Å². The monoisotopic (exact) mass is 272 g/mol. The van der Waals surface area contributed by atoms with Gasteiger partial charge in [-0.3, -0.25) is 9.78 Å². The zero-order valence-electron chi connectivity index (χ0n) is 10.7. The number of tetrazole rings is 1. The first-order chi connectivity index (χ1) is 9.72. The molecular weight excluding hydrogens is 260 g/mol. The molecule has 8 nitrogen and oxygen atoms in total. The summed E-state index contributed by atoms with van der Waals surface area (Å²) in [5.41, 5.74) is 0.815. The summed E-state index contributed by atoms with van der Waals surface area (Å²) >= 11 is 0. The molecule has 0 bridgehead atoms. The topological polar surface area (TPSA) is 117 Å². The number of aliphatic hydroxyl groups excluding tert-OH is 1. The molecule has 0 saturated heterocycles. The second kappa shape index (κ2) is 6.40. The van der Waals surface area contributed by atoms with Gasteiger partial charge in [0.15, 0.2) is 5.82 Å². The van der Waals surface area contributed by atoms with Crippen molar-refractivity contribution in [3.05, 3.63) is 35.4 Å². The zero-order valence-corrected chi connectivity index (χ0v) is 10.7. The molecule has 0 fully saturated rings. The lowest BCUT2D eigenvalue weighted by Crippen LogP contribution is -2.28. The second-order valence-corrected chi connectivity index (χ2v) is 3.85. The minimum absolute atomic E-state index is 0.283. The van der Waals surface area contributed by atoms with Gasteiger partial charge in [0.25, 0.3) is 5.91 Å². The first kappa shape index (κ1) is 13.6. The van der Waals surface area contributed by atoms with Gasteiger partial charge in [0.05, 0.1) is 17.2 Å². The fourth-order valence-corrected chi connectivity index (χ4v) is 1.52. The number of carbonyl (C=O) groups excluding carboxylic acids is 1. The van der Waals surface area contributed by atoms with Gasteiger partial charge in [0.2, 0.25) is 0 Å². The summed E-state index contributed by atoms with van der Waals surface area (Å²) in [6, 6.07) is 1.16. The molecule has 1 unspecified atom stereocenters. The van der Waals surface area contributed by atoms with Crippen molar-refractivity contribution in [2.45, 2.75) is 13.0 Å². The van der Waals surface area contributed by atoms with Crippen LogP contribution in [-0.2, 0) is 0 Å². The van der Waals surface area contributed by atoms with E-state index in [9.17, 15) is 4.79 Å². The molecule has 8 heteroatoms. The van der Waals surface area contributed by atoms with Crippen molar-refractivity contribution in [2.24, 2.45) is 0 Å². The number of aliphatic hydroxyl groups is 1. The van der Waals surface area contributed by atoms with Crippen LogP contribution in [0, 0.1) is 11.8 Å². The fraction of sp³-hybridized carbons (Fsp3) is 0.250. The number of aromatic amines is 1. The number of hydrogen-bond donors (Lipinski definition) is 3. The second-order valence-electron chi connectivity index (χ2n) is 3.85. The average molecular weight is 272 g/mol. The number of nitrogens with one attached hydrogen (secondary N) is 2. The summed E-state index contributed by atoms with van der Waals surface area (Å²) in [6.45, 7) is 1.46. The van der Waals surface area contributed by atoms with E-state index in [-0.39, 0.29) is 12.5 Å². The average Bonchev–Trinajstić information content (AvgIpc) is 2.99. The van der Waals surface area contributed by atoms with Crippen LogP contribution < -0.4 is 5.32 Å². The third-order valence-electron chi connectivity index (χ3n) is 2.46. The lowest BCUT2D eigenvalue weighted by Gasteiger charge is -2.10. The number of hydrogen-bond acceptors (Lipinski definition) is 6. The van der Waals surface area contributed by atoms with E-state index in [0.29, 0.717) is 17.0 Å². The van der Waals surface area contributed by atoms with Crippen LogP contribution in [0.15, 0.2) is 18.5 Å². The standard InChI is InChI=1S/C12H12N6O2/c1-8(11-15-17-18-16-11)14-12(20)10-4-5-13-7-9(10)3-2-6-19/h4-5,7-8,19H,6H2,1H3,(H,14,20)(H,15,16,17,18). The van der Waals surface area contributed by atoms with Crippen LogP contribution in [0.5, 0.6) is 0 Å². The maximum Gasteiger partial charge on any atom is 0.253 e. The molecule has 0 aliphatic carbocycles. The van der Waals surface area contributed by atoms with E-state index in [1.165, 1.54) is 12.4 Å². The number of carbonyl (C=O) groups is 1. The van der Waals surface area contributed by atoms with Crippen molar-refractivity contribution in [1.82, 2.24) is 30.9 Å². The zero-order chi connectivity index (χ0) is 14.4. The van der Waals surface area contributed by atoms with Crippen molar-refractivity contribution in [3.8, 4) is 11.8 Å². The van der Waals surface area contributed by atoms with Crippen LogP contribution in [0.1, 0.15) is 34.7 Å². The predicted molar refractivity (Wildman–Crippen MR) is 68.3 cm³/mol. The van der Waals surface area contributed by atoms with Gasteiger partial charge in [0.1, 0.15) is 6.61 Å². The molecule has 1 atom stereocenters. The molecule has 0 spiro atoms. The molecule has 0 radical (unpaired) electrons. The molecule has 0 aromatic carbocycles. The molecule has 2 heterocycles. The lowest BCUT2D eigenvalue weighted by molar-refractivity contribution is 0.0938. The number of amides is 1. The summed E-state index contributed by atoms with van der Waals surface area (Å²) in [5, 5.41) is 24.8. The first-order valence-electron chi connectivity index (χ1n) is 5.80. The van der Waals surface area contributed by atoms with Gasteiger partial charge in [-0.2, -0.15) is 5.21 Å². The summed E-state index contributed by atoms with van der Waals surface area (Å²) in [5.74, 6) is 5.22. The summed E-state index contributed by atoms with van der Waals surface area (Å²) in [7, 11) is 0. The molecule has 0 aliphatic rings. The molecule has 20 heavy (non-hydrogen) atoms. The largest absolute Gasteiger partial charge is 0.384 e. The molecule has 2 aromatic rings. The molecule has 0 aliphatic heterocycles. The minimum atomic E-state index is -0.395. The van der Waals surface area contributed by atoms with Gasteiger partial charge in [-0.1, -0.05) is 17.1 Å². The fourth-order valence-electron chi connectivity index (χ4n) is 1.52. The van der Waals surface area contributed by atoms with E-state index < -0.39 is 6.04 Å². The summed E-state index contributed by atoms with van der Waals surface area (Å²) < 4.78 is 0. The van der Waals surface area contributed by atoms with E-state index in [1.54, 1.807) is 13.0 Å². The summed E-state index contributed by atoms with van der Waals surface area (Å²) in [6.07, 6.45) is 2.97. The Labute approximate surface area is 114 Å². The minimum Gasteiger partial charge on any atom is -0.384 e. The normalized spacial score (nSPS) is 11.3. The Morgan fingerprint density at radius 2 is 2.45 bits per heavy atom. The molecule has 102 valence electrons. The van der Waals surface area contributed by atoms with E-state index in [0.717, 1.165) is 0 Å². The van der Waals surface area contributed by atoms with Crippen LogP contribution >= 0.6 is 0 Å². The number of aromatic nitrogens is 5. The maximum atomic E-state index is 12.2. The van der Waals surface area contributed by atoms with Crippen LogP contribution in [0.4, 0.5) is 0 Å². The van der Waals surface area contributed by atoms with Gasteiger partial charge in [-0.15, -0.1) is 10.2 Å². The molecule has 1 amide bonds. The van der Waals surface area contributed by atoms with Gasteiger partial charge in [-0.05, 0) is 13.0 Å². The highest BCUT2D eigenvalue weighted by atomic mass is 16.2. The predicted octanol–water partition coefficient (Wildman–Crippen LogP) is -0.571. The summed E-state index contributed by atoms with van der Waals surface area (Å²) in [4.78, 5) is 16.1. The van der Waals surface area contributed by atoms with Crippen molar-refractivity contribution < 1.29 is 9.90 Å². The van der Waals surface area contributed by atoms with Gasteiger partial charge in [0, 0.05) is 12.4 Å². The number of pyridine rings is 1. The molecule has 2 aromatic heterocycles. The molecule has 0 saturated carbocycles. The van der Waals surface area contributed by atoms with Crippen molar-refractivity contribution in [2.75, 3.05) is 6.61 Å². The number of rotatable bonds is 3. The smallest absolute Gasteiger partial charge is 0.253 e. The van der Waals surface area contributed by atoms with Crippen LogP contribution in [0.2, 0.25) is 0 Å². The third kappa shape index (κ3) is 3.15. The van der Waals surface area contributed by atoms with E-state index in [1.807, 2.05) is 0 Å². The molecule has 2 rings (SSSR count). The molecule has 3 N–H and O–H groups in total. The number of H-pyrrole nitrogens is 1. The first-order valence-corrected chi connectivity index (χ1v) is 5.80. The van der Waals surface area contributed by atoms with Gasteiger partial charge < -0.3 is 10.4 Å². The number of nitrogens with zero attached hydrogens (tertiary/aromatic N) is 4. The van der Waals surface area contributed by atoms with Gasteiger partial charge >= 0.3 is 0 Å². The SMILES string of the molecule is CC(NC(=O)c1ccncc1C#CCO)c1nn[nH]n1. The third-order valence-corrected chi connectivity index (χ3v) is 2.46. The maximum absolute atomic E-state index is 12.2. The highest BCUT2D eigenvalue weighted by molar-refractivity contribution is 5.96. The Balaban J connectivity index is 2.17. The quantitative estimate of drug-likeness (QED) is 0.644. The Hall–Kier alpha value is -2.79.